The average Bonchev–Trinajstić information content (AvgIpc) is 3.25. The standard InChI is InChI=1S/C21H21NO/c1-3-7-16(8-4-1)20(17-9-5-2-6-10-17)22-14-18-13-19-11-12-21(18,15-22)23-19/h1-12,18-20H,13-15H2/t18-,19+,21+/m1/s1. The fourth-order valence-electron chi connectivity index (χ4n) is 4.66. The number of hydrogen-bond donors (Lipinski definition) is 0. The van der Waals surface area contributed by atoms with Gasteiger partial charge in [0, 0.05) is 19.0 Å². The maximum Gasteiger partial charge on any atom is 0.104 e. The summed E-state index contributed by atoms with van der Waals surface area (Å²) >= 11 is 0. The summed E-state index contributed by atoms with van der Waals surface area (Å²) in [6, 6.07) is 22.1. The zero-order chi connectivity index (χ0) is 15.3. The number of nitrogens with zero attached hydrogens (tertiary/aromatic N) is 1. The van der Waals surface area contributed by atoms with E-state index in [0.29, 0.717) is 18.1 Å². The van der Waals surface area contributed by atoms with Crippen LogP contribution in [0.5, 0.6) is 0 Å². The second-order valence-electron chi connectivity index (χ2n) is 7.06. The van der Waals surface area contributed by atoms with Crippen molar-refractivity contribution in [3.63, 3.8) is 0 Å². The van der Waals surface area contributed by atoms with Crippen LogP contribution >= 0.6 is 0 Å². The molecule has 3 heterocycles. The minimum Gasteiger partial charge on any atom is -0.362 e. The van der Waals surface area contributed by atoms with Crippen molar-refractivity contribution in [3.05, 3.63) is 83.9 Å². The van der Waals surface area contributed by atoms with Gasteiger partial charge in [-0.3, -0.25) is 4.90 Å². The van der Waals surface area contributed by atoms with Crippen LogP contribution in [0.15, 0.2) is 72.8 Å². The third-order valence-electron chi connectivity index (χ3n) is 5.67. The SMILES string of the molecule is C1=C[C@]23CN(C(c4ccccc4)c4ccccc4)C[C@H]2C[C@H]1O3. The van der Waals surface area contributed by atoms with Gasteiger partial charge in [0.25, 0.3) is 0 Å². The quantitative estimate of drug-likeness (QED) is 0.800. The zero-order valence-electron chi connectivity index (χ0n) is 13.1. The first kappa shape index (κ1) is 13.5. The van der Waals surface area contributed by atoms with Crippen LogP contribution in [0.25, 0.3) is 0 Å². The molecule has 0 amide bonds. The van der Waals surface area contributed by atoms with E-state index in [1.807, 2.05) is 0 Å². The van der Waals surface area contributed by atoms with Gasteiger partial charge < -0.3 is 4.74 Å². The summed E-state index contributed by atoms with van der Waals surface area (Å²) in [6.07, 6.45) is 6.15. The van der Waals surface area contributed by atoms with Gasteiger partial charge in [0.2, 0.25) is 0 Å². The van der Waals surface area contributed by atoms with Gasteiger partial charge in [-0.15, -0.1) is 0 Å². The highest BCUT2D eigenvalue weighted by Crippen LogP contribution is 2.50. The number of hydrogen-bond acceptors (Lipinski definition) is 2. The van der Waals surface area contributed by atoms with E-state index in [2.05, 4.69) is 77.7 Å². The van der Waals surface area contributed by atoms with Gasteiger partial charge in [0.15, 0.2) is 0 Å². The summed E-state index contributed by atoms with van der Waals surface area (Å²) < 4.78 is 6.28. The van der Waals surface area contributed by atoms with Crippen molar-refractivity contribution in [2.75, 3.05) is 13.1 Å². The van der Waals surface area contributed by atoms with E-state index in [9.17, 15) is 0 Å². The summed E-state index contributed by atoms with van der Waals surface area (Å²) in [6.45, 7) is 2.12. The van der Waals surface area contributed by atoms with Crippen LogP contribution in [0, 0.1) is 5.92 Å². The van der Waals surface area contributed by atoms with Crippen molar-refractivity contribution in [1.29, 1.82) is 0 Å². The Kier molecular flexibility index (Phi) is 2.97. The number of fused-ring (bicyclic) bond motifs is 1. The summed E-state index contributed by atoms with van der Waals surface area (Å²) in [5.41, 5.74) is 2.72. The molecule has 2 heteroatoms. The summed E-state index contributed by atoms with van der Waals surface area (Å²) in [4.78, 5) is 2.61. The molecule has 2 saturated heterocycles. The molecule has 23 heavy (non-hydrogen) atoms. The number of rotatable bonds is 3. The van der Waals surface area contributed by atoms with Gasteiger partial charge in [-0.05, 0) is 17.5 Å². The molecule has 0 aromatic heterocycles. The molecule has 0 radical (unpaired) electrons. The number of benzene rings is 2. The second kappa shape index (κ2) is 5.05. The summed E-state index contributed by atoms with van der Waals surface area (Å²) in [5.74, 6) is 0.646. The molecule has 0 aliphatic carbocycles. The molecule has 0 N–H and O–H groups in total. The molecule has 116 valence electrons. The molecular formula is C21H21NO. The van der Waals surface area contributed by atoms with Crippen molar-refractivity contribution in [2.45, 2.75) is 24.2 Å². The second-order valence-corrected chi connectivity index (χ2v) is 7.06. The van der Waals surface area contributed by atoms with Gasteiger partial charge in [-0.1, -0.05) is 72.8 Å². The summed E-state index contributed by atoms with van der Waals surface area (Å²) in [5, 5.41) is 0. The Morgan fingerprint density at radius 1 is 0.957 bits per heavy atom. The fourth-order valence-corrected chi connectivity index (χ4v) is 4.66. The molecule has 3 aliphatic rings. The van der Waals surface area contributed by atoms with Gasteiger partial charge >= 0.3 is 0 Å². The van der Waals surface area contributed by atoms with Crippen LogP contribution in [0.4, 0.5) is 0 Å². The van der Waals surface area contributed by atoms with Gasteiger partial charge in [-0.2, -0.15) is 0 Å². The molecule has 0 saturated carbocycles. The molecule has 1 spiro atoms. The monoisotopic (exact) mass is 303 g/mol. The minimum atomic E-state index is -0.0214. The van der Waals surface area contributed by atoms with Crippen molar-refractivity contribution < 1.29 is 4.74 Å². The highest BCUT2D eigenvalue weighted by molar-refractivity contribution is 5.34. The lowest BCUT2D eigenvalue weighted by Gasteiger charge is -2.30. The Balaban J connectivity index is 1.53. The lowest BCUT2D eigenvalue weighted by molar-refractivity contribution is 0.0211. The Hall–Kier alpha value is -1.90. The molecular weight excluding hydrogens is 282 g/mol. The molecule has 3 atom stereocenters. The van der Waals surface area contributed by atoms with Crippen LogP contribution in [0.3, 0.4) is 0 Å². The molecule has 2 fully saturated rings. The average molecular weight is 303 g/mol. The predicted molar refractivity (Wildman–Crippen MR) is 91.2 cm³/mol. The Morgan fingerprint density at radius 3 is 2.17 bits per heavy atom. The highest BCUT2D eigenvalue weighted by Gasteiger charge is 2.56. The maximum absolute atomic E-state index is 6.28. The zero-order valence-corrected chi connectivity index (χ0v) is 13.1. The van der Waals surface area contributed by atoms with Crippen LogP contribution in [-0.2, 0) is 4.74 Å². The first-order chi connectivity index (χ1) is 11.3. The molecule has 0 unspecified atom stereocenters. The van der Waals surface area contributed by atoms with E-state index in [0.717, 1.165) is 13.1 Å². The molecule has 5 rings (SSSR count). The Bertz CT molecular complexity index is 687. The van der Waals surface area contributed by atoms with E-state index in [-0.39, 0.29) is 5.60 Å². The van der Waals surface area contributed by atoms with Crippen molar-refractivity contribution in [3.8, 4) is 0 Å². The van der Waals surface area contributed by atoms with Gasteiger partial charge in [-0.25, -0.2) is 0 Å². The fraction of sp³-hybridized carbons (Fsp3) is 0.333. The number of likely N-dealkylation sites (tertiary alicyclic amines) is 1. The lowest BCUT2D eigenvalue weighted by Crippen LogP contribution is -2.34. The Morgan fingerprint density at radius 2 is 1.61 bits per heavy atom. The molecule has 2 aromatic carbocycles. The Labute approximate surface area is 137 Å². The van der Waals surface area contributed by atoms with E-state index in [4.69, 9.17) is 4.74 Å². The molecule has 3 aliphatic heterocycles. The van der Waals surface area contributed by atoms with E-state index >= 15 is 0 Å². The molecule has 2 nitrogen and oxygen atoms in total. The largest absolute Gasteiger partial charge is 0.362 e. The van der Waals surface area contributed by atoms with Crippen LogP contribution in [0.2, 0.25) is 0 Å². The van der Waals surface area contributed by atoms with Crippen molar-refractivity contribution in [2.24, 2.45) is 5.92 Å². The third kappa shape index (κ3) is 2.09. The third-order valence-corrected chi connectivity index (χ3v) is 5.67. The van der Waals surface area contributed by atoms with Gasteiger partial charge in [0.05, 0.1) is 12.1 Å². The molecule has 2 bridgehead atoms. The van der Waals surface area contributed by atoms with E-state index < -0.39 is 0 Å². The van der Waals surface area contributed by atoms with Crippen LogP contribution in [0.1, 0.15) is 23.6 Å². The van der Waals surface area contributed by atoms with Crippen LogP contribution in [-0.4, -0.2) is 29.7 Å². The molecule has 2 aromatic rings. The van der Waals surface area contributed by atoms with Crippen LogP contribution < -0.4 is 0 Å². The minimum absolute atomic E-state index is 0.0214. The predicted octanol–water partition coefficient (Wildman–Crippen LogP) is 3.81. The first-order valence-corrected chi connectivity index (χ1v) is 8.55. The number of ether oxygens (including phenoxy) is 1. The normalized spacial score (nSPS) is 31.9. The highest BCUT2D eigenvalue weighted by atomic mass is 16.5. The van der Waals surface area contributed by atoms with Gasteiger partial charge in [0.1, 0.15) is 5.60 Å². The van der Waals surface area contributed by atoms with E-state index in [1.54, 1.807) is 0 Å². The van der Waals surface area contributed by atoms with E-state index in [1.165, 1.54) is 17.5 Å². The lowest BCUT2D eigenvalue weighted by atomic mass is 9.86. The smallest absolute Gasteiger partial charge is 0.104 e. The maximum atomic E-state index is 6.28. The summed E-state index contributed by atoms with van der Waals surface area (Å²) in [7, 11) is 0. The van der Waals surface area contributed by atoms with Crippen molar-refractivity contribution >= 4 is 0 Å². The topological polar surface area (TPSA) is 12.5 Å². The first-order valence-electron chi connectivity index (χ1n) is 8.55. The van der Waals surface area contributed by atoms with Crippen molar-refractivity contribution in [1.82, 2.24) is 4.90 Å².